The largest absolute Gasteiger partial charge is 0.480 e. The van der Waals surface area contributed by atoms with Crippen LogP contribution in [0.2, 0.25) is 0 Å². The van der Waals surface area contributed by atoms with Gasteiger partial charge in [-0.05, 0) is 26.3 Å². The van der Waals surface area contributed by atoms with Crippen molar-refractivity contribution in [2.45, 2.75) is 46.1 Å². The van der Waals surface area contributed by atoms with Gasteiger partial charge < -0.3 is 10.2 Å². The summed E-state index contributed by atoms with van der Waals surface area (Å²) in [5.74, 6) is -2.15. The number of rotatable bonds is 4. The van der Waals surface area contributed by atoms with Crippen molar-refractivity contribution in [3.63, 3.8) is 0 Å². The molecule has 0 aliphatic heterocycles. The zero-order chi connectivity index (χ0) is 17.7. The molecule has 0 aliphatic carbocycles. The van der Waals surface area contributed by atoms with E-state index in [1.165, 1.54) is 13.8 Å². The van der Waals surface area contributed by atoms with Gasteiger partial charge in [-0.1, -0.05) is 13.8 Å². The normalized spacial score (nSPS) is 12.1. The van der Waals surface area contributed by atoms with Crippen molar-refractivity contribution in [3.8, 4) is 0 Å². The quantitative estimate of drug-likeness (QED) is 0.886. The molecule has 0 fully saturated rings. The lowest BCUT2D eigenvalue weighted by Crippen LogP contribution is -2.45. The Bertz CT molecular complexity index is 876. The van der Waals surface area contributed by atoms with E-state index in [1.54, 1.807) is 20.8 Å². The molecule has 0 aromatic carbocycles. The van der Waals surface area contributed by atoms with Gasteiger partial charge in [-0.15, -0.1) is 11.3 Å². The average molecular weight is 338 g/mol. The number of carboxylic acids is 2. The summed E-state index contributed by atoms with van der Waals surface area (Å²) >= 11 is 0.934. The number of aromatic nitrogens is 2. The van der Waals surface area contributed by atoms with Crippen molar-refractivity contribution in [1.29, 1.82) is 0 Å². The molecule has 0 bridgehead atoms. The number of aromatic carboxylic acids is 1. The third kappa shape index (κ3) is 2.52. The van der Waals surface area contributed by atoms with E-state index in [2.05, 4.69) is 4.98 Å². The van der Waals surface area contributed by atoms with E-state index < -0.39 is 23.0 Å². The van der Waals surface area contributed by atoms with Crippen LogP contribution in [0.4, 0.5) is 0 Å². The third-order valence-corrected chi connectivity index (χ3v) is 4.96. The fourth-order valence-electron chi connectivity index (χ4n) is 2.43. The van der Waals surface area contributed by atoms with E-state index in [1.807, 2.05) is 0 Å². The van der Waals surface area contributed by atoms with E-state index in [0.29, 0.717) is 16.2 Å². The summed E-state index contributed by atoms with van der Waals surface area (Å²) in [6.45, 7) is 8.01. The van der Waals surface area contributed by atoms with E-state index >= 15 is 0 Å². The topological polar surface area (TPSA) is 109 Å². The van der Waals surface area contributed by atoms with Gasteiger partial charge >= 0.3 is 11.9 Å². The van der Waals surface area contributed by atoms with Gasteiger partial charge in [0, 0.05) is 5.92 Å². The predicted octanol–water partition coefficient (Wildman–Crippen LogP) is 2.41. The zero-order valence-electron chi connectivity index (χ0n) is 13.5. The predicted molar refractivity (Wildman–Crippen MR) is 86.6 cm³/mol. The van der Waals surface area contributed by atoms with Gasteiger partial charge in [0.1, 0.15) is 21.1 Å². The van der Waals surface area contributed by atoms with Gasteiger partial charge in [0.15, 0.2) is 0 Å². The van der Waals surface area contributed by atoms with Crippen LogP contribution < -0.4 is 5.56 Å². The number of fused-ring (bicyclic) bond motifs is 1. The molecule has 0 spiro atoms. The Labute approximate surface area is 136 Å². The fraction of sp³-hybridized carbons (Fsp3) is 0.467. The van der Waals surface area contributed by atoms with Crippen molar-refractivity contribution in [2.75, 3.05) is 0 Å². The van der Waals surface area contributed by atoms with E-state index in [0.717, 1.165) is 15.9 Å². The number of hydrogen-bond acceptors (Lipinski definition) is 5. The lowest BCUT2D eigenvalue weighted by Gasteiger charge is -2.26. The summed E-state index contributed by atoms with van der Waals surface area (Å²) in [7, 11) is 0. The van der Waals surface area contributed by atoms with Crippen LogP contribution in [0, 0.1) is 6.92 Å². The summed E-state index contributed by atoms with van der Waals surface area (Å²) in [5.41, 5.74) is -1.69. The highest BCUT2D eigenvalue weighted by molar-refractivity contribution is 7.20. The van der Waals surface area contributed by atoms with Crippen molar-refractivity contribution in [3.05, 3.63) is 26.6 Å². The Morgan fingerprint density at radius 3 is 2.26 bits per heavy atom. The summed E-state index contributed by atoms with van der Waals surface area (Å²) in [5, 5.41) is 18.9. The molecule has 7 nitrogen and oxygen atoms in total. The molecule has 0 amide bonds. The van der Waals surface area contributed by atoms with Crippen LogP contribution >= 0.6 is 11.3 Å². The van der Waals surface area contributed by atoms with Crippen LogP contribution in [-0.4, -0.2) is 31.7 Å². The van der Waals surface area contributed by atoms with Crippen LogP contribution in [0.25, 0.3) is 10.2 Å². The van der Waals surface area contributed by atoms with Crippen molar-refractivity contribution < 1.29 is 19.8 Å². The molecule has 23 heavy (non-hydrogen) atoms. The zero-order valence-corrected chi connectivity index (χ0v) is 14.3. The van der Waals surface area contributed by atoms with E-state index in [4.69, 9.17) is 0 Å². The minimum absolute atomic E-state index is 0.0465. The number of aliphatic carboxylic acids is 1. The monoisotopic (exact) mass is 338 g/mol. The lowest BCUT2D eigenvalue weighted by atomic mass is 10.0. The first-order valence-corrected chi connectivity index (χ1v) is 7.85. The van der Waals surface area contributed by atoms with Crippen LogP contribution in [-0.2, 0) is 10.3 Å². The number of hydrogen-bond donors (Lipinski definition) is 2. The maximum absolute atomic E-state index is 12.9. The number of thiophene rings is 1. The Kier molecular flexibility index (Phi) is 4.06. The fourth-order valence-corrected chi connectivity index (χ4v) is 3.44. The Balaban J connectivity index is 3.02. The first-order valence-electron chi connectivity index (χ1n) is 7.03. The lowest BCUT2D eigenvalue weighted by molar-refractivity contribution is -0.146. The van der Waals surface area contributed by atoms with Crippen LogP contribution in [0.1, 0.15) is 54.7 Å². The Morgan fingerprint density at radius 1 is 1.26 bits per heavy atom. The minimum atomic E-state index is -1.49. The third-order valence-electron chi connectivity index (χ3n) is 3.78. The highest BCUT2D eigenvalue weighted by Crippen LogP contribution is 2.30. The first-order chi connectivity index (χ1) is 10.5. The highest BCUT2D eigenvalue weighted by atomic mass is 32.1. The summed E-state index contributed by atoms with van der Waals surface area (Å²) in [4.78, 5) is 40.6. The van der Waals surface area contributed by atoms with Crippen molar-refractivity contribution in [1.82, 2.24) is 9.55 Å². The van der Waals surface area contributed by atoms with Gasteiger partial charge in [-0.2, -0.15) is 0 Å². The SMILES string of the molecule is Cc1c(C(=O)O)sc2nc(C(C)C)n(C(C)(C)C(=O)O)c(=O)c12. The first kappa shape index (κ1) is 17.1. The summed E-state index contributed by atoms with van der Waals surface area (Å²) < 4.78 is 1.16. The maximum atomic E-state index is 12.9. The second-order valence-electron chi connectivity index (χ2n) is 6.17. The maximum Gasteiger partial charge on any atom is 0.346 e. The van der Waals surface area contributed by atoms with Gasteiger partial charge in [0.25, 0.3) is 5.56 Å². The van der Waals surface area contributed by atoms with E-state index in [9.17, 15) is 24.6 Å². The summed E-state index contributed by atoms with van der Waals surface area (Å²) in [6.07, 6.45) is 0. The van der Waals surface area contributed by atoms with Crippen LogP contribution in [0.15, 0.2) is 4.79 Å². The molecule has 124 valence electrons. The molecule has 2 aromatic heterocycles. The average Bonchev–Trinajstić information content (AvgIpc) is 2.75. The molecule has 2 heterocycles. The second kappa shape index (κ2) is 5.45. The number of carboxylic acid groups (broad SMARTS) is 2. The van der Waals surface area contributed by atoms with Gasteiger partial charge in [0.05, 0.1) is 5.39 Å². The molecule has 0 unspecified atom stereocenters. The van der Waals surface area contributed by atoms with Crippen molar-refractivity contribution >= 4 is 33.5 Å². The number of carbonyl (C=O) groups is 2. The molecule has 0 radical (unpaired) electrons. The van der Waals surface area contributed by atoms with Gasteiger partial charge in [0.2, 0.25) is 0 Å². The van der Waals surface area contributed by atoms with E-state index in [-0.39, 0.29) is 16.2 Å². The number of aryl methyl sites for hydroxylation is 1. The highest BCUT2D eigenvalue weighted by Gasteiger charge is 2.35. The molecule has 0 saturated heterocycles. The molecular formula is C15H18N2O5S. The molecular weight excluding hydrogens is 320 g/mol. The molecule has 2 N–H and O–H groups in total. The van der Waals surface area contributed by atoms with Crippen LogP contribution in [0.5, 0.6) is 0 Å². The molecule has 8 heteroatoms. The molecule has 2 aromatic rings. The number of nitrogens with zero attached hydrogens (tertiary/aromatic N) is 2. The molecule has 0 saturated carbocycles. The Hall–Kier alpha value is -2.22. The minimum Gasteiger partial charge on any atom is -0.480 e. The van der Waals surface area contributed by atoms with Gasteiger partial charge in [-0.25, -0.2) is 14.6 Å². The van der Waals surface area contributed by atoms with Gasteiger partial charge in [-0.3, -0.25) is 9.36 Å². The molecule has 2 rings (SSSR count). The van der Waals surface area contributed by atoms with Crippen molar-refractivity contribution in [2.24, 2.45) is 0 Å². The Morgan fingerprint density at radius 2 is 1.83 bits per heavy atom. The molecule has 0 aliphatic rings. The second-order valence-corrected chi connectivity index (χ2v) is 7.17. The standard InChI is InChI=1S/C15H18N2O5S/c1-6(2)10-16-11-8(7(3)9(23-11)13(19)20)12(18)17(10)15(4,5)14(21)22/h6H,1-5H3,(H,19,20)(H,21,22). The molecule has 0 atom stereocenters. The smallest absolute Gasteiger partial charge is 0.346 e. The van der Waals surface area contributed by atoms with Crippen LogP contribution in [0.3, 0.4) is 0 Å². The summed E-state index contributed by atoms with van der Waals surface area (Å²) in [6, 6.07) is 0.